The predicted molar refractivity (Wildman–Crippen MR) is 73.0 cm³/mol. The zero-order chi connectivity index (χ0) is 15.3. The first-order chi connectivity index (χ1) is 9.09. The van der Waals surface area contributed by atoms with Crippen molar-refractivity contribution in [3.8, 4) is 0 Å². The summed E-state index contributed by atoms with van der Waals surface area (Å²) in [5.74, 6) is -2.48. The third-order valence-corrected chi connectivity index (χ3v) is 4.75. The van der Waals surface area contributed by atoms with E-state index in [0.717, 1.165) is 12.1 Å². The molecule has 1 saturated carbocycles. The van der Waals surface area contributed by atoms with Crippen molar-refractivity contribution in [1.82, 2.24) is 0 Å². The van der Waals surface area contributed by atoms with Crippen molar-refractivity contribution in [1.29, 1.82) is 0 Å². The molecule has 20 heavy (non-hydrogen) atoms. The predicted octanol–water partition coefficient (Wildman–Crippen LogP) is 3.14. The Morgan fingerprint density at radius 3 is 2.20 bits per heavy atom. The number of hydrogen-bond acceptors (Lipinski definition) is 2. The molecule has 0 atom stereocenters. The van der Waals surface area contributed by atoms with Gasteiger partial charge in [0.25, 0.3) is 0 Å². The van der Waals surface area contributed by atoms with Gasteiger partial charge < -0.3 is 10.4 Å². The zero-order valence-electron chi connectivity index (χ0n) is 12.0. The third kappa shape index (κ3) is 2.07. The second kappa shape index (κ2) is 4.30. The number of amides is 1. The molecule has 5 heteroatoms. The summed E-state index contributed by atoms with van der Waals surface area (Å²) in [4.78, 5) is 23.1. The van der Waals surface area contributed by atoms with Gasteiger partial charge in [-0.25, -0.2) is 9.18 Å². The fourth-order valence-corrected chi connectivity index (χ4v) is 2.83. The van der Waals surface area contributed by atoms with Gasteiger partial charge in [-0.2, -0.15) is 0 Å². The fourth-order valence-electron chi connectivity index (χ4n) is 2.83. The number of nitrogens with one attached hydrogen (secondary N) is 1. The number of carbonyl (C=O) groups is 2. The first-order valence-corrected chi connectivity index (χ1v) is 6.42. The van der Waals surface area contributed by atoms with E-state index in [1.165, 1.54) is 6.07 Å². The maximum Gasteiger partial charge on any atom is 0.338 e. The Morgan fingerprint density at radius 2 is 1.75 bits per heavy atom. The number of carboxylic acid groups (broad SMARTS) is 1. The van der Waals surface area contributed by atoms with Crippen LogP contribution in [0, 0.1) is 22.6 Å². The van der Waals surface area contributed by atoms with E-state index in [4.69, 9.17) is 5.11 Å². The Hall–Kier alpha value is -1.91. The molecule has 0 aliphatic heterocycles. The van der Waals surface area contributed by atoms with Crippen molar-refractivity contribution < 1.29 is 19.1 Å². The van der Waals surface area contributed by atoms with E-state index >= 15 is 0 Å². The number of carbonyl (C=O) groups excluding carboxylic acids is 1. The highest BCUT2D eigenvalue weighted by Gasteiger charge is 2.68. The Labute approximate surface area is 117 Å². The Morgan fingerprint density at radius 1 is 1.20 bits per heavy atom. The number of hydrogen-bond donors (Lipinski definition) is 2. The molecule has 4 nitrogen and oxygen atoms in total. The summed E-state index contributed by atoms with van der Waals surface area (Å²) in [6.07, 6.45) is 0. The molecule has 1 amide bonds. The van der Waals surface area contributed by atoms with Crippen LogP contribution in [0.5, 0.6) is 0 Å². The monoisotopic (exact) mass is 279 g/mol. The fraction of sp³-hybridized carbons (Fsp3) is 0.467. The van der Waals surface area contributed by atoms with E-state index in [0.29, 0.717) is 5.69 Å². The molecule has 1 aromatic rings. The first-order valence-electron chi connectivity index (χ1n) is 6.42. The Bertz CT molecular complexity index is 579. The van der Waals surface area contributed by atoms with Gasteiger partial charge in [0, 0.05) is 11.6 Å². The number of anilines is 1. The largest absolute Gasteiger partial charge is 0.478 e. The summed E-state index contributed by atoms with van der Waals surface area (Å²) in [6, 6.07) is 3.54. The number of halogens is 1. The van der Waals surface area contributed by atoms with Gasteiger partial charge in [-0.3, -0.25) is 4.79 Å². The van der Waals surface area contributed by atoms with Crippen molar-refractivity contribution in [2.75, 3.05) is 5.32 Å². The zero-order valence-corrected chi connectivity index (χ0v) is 12.0. The lowest BCUT2D eigenvalue weighted by Crippen LogP contribution is -2.18. The summed E-state index contributed by atoms with van der Waals surface area (Å²) in [6.45, 7) is 8.07. The van der Waals surface area contributed by atoms with Crippen molar-refractivity contribution in [3.63, 3.8) is 0 Å². The molecule has 0 spiro atoms. The summed E-state index contributed by atoms with van der Waals surface area (Å²) >= 11 is 0. The van der Waals surface area contributed by atoms with Crippen LogP contribution in [-0.2, 0) is 4.79 Å². The molecule has 1 aliphatic carbocycles. The van der Waals surface area contributed by atoms with Crippen LogP contribution in [0.2, 0.25) is 0 Å². The minimum atomic E-state index is -1.36. The molecule has 0 bridgehead atoms. The van der Waals surface area contributed by atoms with E-state index in [1.54, 1.807) is 0 Å². The molecule has 0 aromatic heterocycles. The molecule has 0 saturated heterocycles. The summed E-state index contributed by atoms with van der Waals surface area (Å²) in [5, 5.41) is 11.5. The Balaban J connectivity index is 2.18. The van der Waals surface area contributed by atoms with Gasteiger partial charge in [-0.05, 0) is 29.0 Å². The highest BCUT2D eigenvalue weighted by atomic mass is 19.1. The van der Waals surface area contributed by atoms with Gasteiger partial charge in [-0.15, -0.1) is 0 Å². The van der Waals surface area contributed by atoms with Crippen LogP contribution in [0.15, 0.2) is 18.2 Å². The number of aromatic carboxylic acids is 1. The van der Waals surface area contributed by atoms with Crippen LogP contribution < -0.4 is 5.32 Å². The van der Waals surface area contributed by atoms with Gasteiger partial charge >= 0.3 is 5.97 Å². The maximum absolute atomic E-state index is 13.3. The van der Waals surface area contributed by atoms with Gasteiger partial charge in [0.1, 0.15) is 5.82 Å². The second-order valence-corrected chi connectivity index (χ2v) is 6.37. The minimum absolute atomic E-state index is 0.104. The molecule has 0 heterocycles. The highest BCUT2D eigenvalue weighted by molar-refractivity contribution is 5.97. The van der Waals surface area contributed by atoms with E-state index in [-0.39, 0.29) is 22.7 Å². The van der Waals surface area contributed by atoms with Gasteiger partial charge in [0.15, 0.2) is 0 Å². The molecule has 0 radical (unpaired) electrons. The first kappa shape index (κ1) is 14.5. The summed E-state index contributed by atoms with van der Waals surface area (Å²) in [5.41, 5.74) is -0.358. The van der Waals surface area contributed by atoms with E-state index in [1.807, 2.05) is 27.7 Å². The highest BCUT2D eigenvalue weighted by Crippen LogP contribution is 2.68. The molecule has 2 rings (SSSR count). The molecule has 1 aromatic carbocycles. The quantitative estimate of drug-likeness (QED) is 0.893. The number of carboxylic acids is 1. The summed E-state index contributed by atoms with van der Waals surface area (Å²) < 4.78 is 13.3. The SMILES string of the molecule is CC1(C)C(C(=O)Nc2ccc(F)c(C(=O)O)c2)C1(C)C. The van der Waals surface area contributed by atoms with Gasteiger partial charge in [-0.1, -0.05) is 27.7 Å². The Kier molecular flexibility index (Phi) is 3.11. The van der Waals surface area contributed by atoms with Crippen molar-refractivity contribution in [2.45, 2.75) is 27.7 Å². The van der Waals surface area contributed by atoms with E-state index < -0.39 is 17.3 Å². The molecule has 1 aliphatic rings. The topological polar surface area (TPSA) is 66.4 Å². The lowest BCUT2D eigenvalue weighted by molar-refractivity contribution is -0.118. The van der Waals surface area contributed by atoms with Gasteiger partial charge in [0.05, 0.1) is 5.56 Å². The molecular weight excluding hydrogens is 261 g/mol. The van der Waals surface area contributed by atoms with Crippen LogP contribution in [0.25, 0.3) is 0 Å². The lowest BCUT2D eigenvalue weighted by Gasteiger charge is -2.07. The van der Waals surface area contributed by atoms with Crippen LogP contribution in [0.4, 0.5) is 10.1 Å². The number of rotatable bonds is 3. The average Bonchev–Trinajstić information content (AvgIpc) is 2.71. The molecule has 2 N–H and O–H groups in total. The van der Waals surface area contributed by atoms with Crippen LogP contribution in [0.3, 0.4) is 0 Å². The van der Waals surface area contributed by atoms with Crippen LogP contribution in [0.1, 0.15) is 38.1 Å². The normalized spacial score (nSPS) is 19.4. The van der Waals surface area contributed by atoms with Crippen molar-refractivity contribution in [2.24, 2.45) is 16.7 Å². The molecule has 108 valence electrons. The van der Waals surface area contributed by atoms with Crippen LogP contribution in [-0.4, -0.2) is 17.0 Å². The molecular formula is C15H18FNO3. The van der Waals surface area contributed by atoms with Crippen molar-refractivity contribution in [3.05, 3.63) is 29.6 Å². The van der Waals surface area contributed by atoms with E-state index in [9.17, 15) is 14.0 Å². The standard InChI is InChI=1S/C15H18FNO3/c1-14(2)11(15(14,3)4)12(18)17-8-5-6-10(16)9(7-8)13(19)20/h5-7,11H,1-4H3,(H,17,18)(H,19,20). The van der Waals surface area contributed by atoms with Crippen molar-refractivity contribution >= 4 is 17.6 Å². The number of benzene rings is 1. The van der Waals surface area contributed by atoms with E-state index in [2.05, 4.69) is 5.32 Å². The van der Waals surface area contributed by atoms with Gasteiger partial charge in [0.2, 0.25) is 5.91 Å². The maximum atomic E-state index is 13.3. The minimum Gasteiger partial charge on any atom is -0.478 e. The average molecular weight is 279 g/mol. The smallest absolute Gasteiger partial charge is 0.338 e. The molecule has 1 fully saturated rings. The molecule has 0 unspecified atom stereocenters. The second-order valence-electron chi connectivity index (χ2n) is 6.37. The lowest BCUT2D eigenvalue weighted by atomic mass is 10.0. The third-order valence-electron chi connectivity index (χ3n) is 4.75. The van der Waals surface area contributed by atoms with Crippen LogP contribution >= 0.6 is 0 Å². The summed E-state index contributed by atoms with van der Waals surface area (Å²) in [7, 11) is 0.